The van der Waals surface area contributed by atoms with Crippen LogP contribution < -0.4 is 17.2 Å². The SMILES string of the molecule is CC(Cc1ccc(-n2ccc(N)nc2=O)cc1)N(C)C12CC(N)(C1)C2. The highest BCUT2D eigenvalue weighted by molar-refractivity contribution is 5.36. The van der Waals surface area contributed by atoms with E-state index in [-0.39, 0.29) is 17.0 Å². The lowest BCUT2D eigenvalue weighted by molar-refractivity contribution is -0.164. The quantitative estimate of drug-likeness (QED) is 0.857. The van der Waals surface area contributed by atoms with Crippen molar-refractivity contribution < 1.29 is 0 Å². The van der Waals surface area contributed by atoms with Gasteiger partial charge in [-0.3, -0.25) is 9.47 Å². The van der Waals surface area contributed by atoms with E-state index in [1.54, 1.807) is 12.3 Å². The minimum absolute atomic E-state index is 0.135. The van der Waals surface area contributed by atoms with Gasteiger partial charge in [-0.2, -0.15) is 4.98 Å². The number of hydrogen-bond acceptors (Lipinski definition) is 5. The Balaban J connectivity index is 1.44. The number of benzene rings is 1. The molecule has 3 fully saturated rings. The molecule has 1 aromatic heterocycles. The van der Waals surface area contributed by atoms with Crippen LogP contribution in [0.15, 0.2) is 41.3 Å². The molecule has 1 heterocycles. The predicted octanol–water partition coefficient (Wildman–Crippen LogP) is 1.31. The van der Waals surface area contributed by atoms with Crippen molar-refractivity contribution in [2.45, 2.75) is 49.7 Å². The van der Waals surface area contributed by atoms with Crippen molar-refractivity contribution in [3.63, 3.8) is 0 Å². The first-order valence-corrected chi connectivity index (χ1v) is 8.77. The van der Waals surface area contributed by atoms with Crippen LogP contribution in [-0.4, -0.2) is 38.6 Å². The molecular weight excluding hydrogens is 314 g/mol. The van der Waals surface area contributed by atoms with Gasteiger partial charge in [0.25, 0.3) is 0 Å². The summed E-state index contributed by atoms with van der Waals surface area (Å²) < 4.78 is 1.50. The summed E-state index contributed by atoms with van der Waals surface area (Å²) in [6.45, 7) is 2.27. The summed E-state index contributed by atoms with van der Waals surface area (Å²) in [5.41, 5.74) is 13.9. The first-order chi connectivity index (χ1) is 11.8. The molecule has 6 heteroatoms. The molecule has 0 aliphatic heterocycles. The smallest absolute Gasteiger partial charge is 0.354 e. The van der Waals surface area contributed by atoms with Crippen LogP contribution in [0.3, 0.4) is 0 Å². The van der Waals surface area contributed by atoms with Crippen molar-refractivity contribution in [1.29, 1.82) is 0 Å². The van der Waals surface area contributed by atoms with E-state index in [1.807, 2.05) is 12.1 Å². The molecule has 0 saturated heterocycles. The zero-order chi connectivity index (χ0) is 17.8. The fourth-order valence-corrected chi connectivity index (χ4v) is 4.54. The van der Waals surface area contributed by atoms with Gasteiger partial charge in [-0.15, -0.1) is 0 Å². The summed E-state index contributed by atoms with van der Waals surface area (Å²) in [5, 5.41) is 0. The standard InChI is InChI=1S/C19H25N5O/c1-13(23(2)19-10-18(21,11-19)12-19)9-14-3-5-15(6-4-14)24-8-7-16(20)22-17(24)25/h3-8,13H,9-12,21H2,1-2H3,(H2,20,22,25). The number of nitrogens with zero attached hydrogens (tertiary/aromatic N) is 3. The summed E-state index contributed by atoms with van der Waals surface area (Å²) in [7, 11) is 2.22. The molecule has 1 atom stereocenters. The van der Waals surface area contributed by atoms with Gasteiger partial charge in [0.2, 0.25) is 0 Å². The van der Waals surface area contributed by atoms with Crippen LogP contribution >= 0.6 is 0 Å². The van der Waals surface area contributed by atoms with E-state index in [2.05, 4.69) is 36.0 Å². The second kappa shape index (κ2) is 5.41. The predicted molar refractivity (Wildman–Crippen MR) is 98.7 cm³/mol. The van der Waals surface area contributed by atoms with Gasteiger partial charge in [-0.25, -0.2) is 4.79 Å². The van der Waals surface area contributed by atoms with Gasteiger partial charge >= 0.3 is 5.69 Å². The van der Waals surface area contributed by atoms with Gasteiger partial charge in [-0.1, -0.05) is 12.1 Å². The van der Waals surface area contributed by atoms with Gasteiger partial charge in [0.05, 0.1) is 5.69 Å². The molecule has 4 N–H and O–H groups in total. The molecule has 3 aliphatic rings. The largest absolute Gasteiger partial charge is 0.383 e. The van der Waals surface area contributed by atoms with Gasteiger partial charge < -0.3 is 11.5 Å². The minimum atomic E-state index is -0.361. The third-order valence-electron chi connectivity index (χ3n) is 6.02. The van der Waals surface area contributed by atoms with Crippen LogP contribution in [0.25, 0.3) is 5.69 Å². The average molecular weight is 339 g/mol. The zero-order valence-electron chi connectivity index (χ0n) is 14.8. The van der Waals surface area contributed by atoms with Crippen LogP contribution in [0.5, 0.6) is 0 Å². The molecule has 25 heavy (non-hydrogen) atoms. The summed E-state index contributed by atoms with van der Waals surface area (Å²) in [6, 6.07) is 10.1. The monoisotopic (exact) mass is 339 g/mol. The summed E-state index contributed by atoms with van der Waals surface area (Å²) in [5.74, 6) is 0.239. The maximum Gasteiger partial charge on any atom is 0.354 e. The number of likely N-dealkylation sites (N-methyl/N-ethyl adjacent to an activating group) is 1. The molecule has 1 unspecified atom stereocenters. The number of aromatic nitrogens is 2. The summed E-state index contributed by atoms with van der Waals surface area (Å²) in [4.78, 5) is 18.2. The molecule has 0 spiro atoms. The van der Waals surface area contributed by atoms with Crippen molar-refractivity contribution in [3.05, 3.63) is 52.6 Å². The molecule has 3 aliphatic carbocycles. The molecule has 5 rings (SSSR count). The second-order valence-corrected chi connectivity index (χ2v) is 7.95. The van der Waals surface area contributed by atoms with Crippen LogP contribution in [-0.2, 0) is 6.42 Å². The second-order valence-electron chi connectivity index (χ2n) is 7.95. The Morgan fingerprint density at radius 3 is 2.44 bits per heavy atom. The normalized spacial score (nSPS) is 28.3. The van der Waals surface area contributed by atoms with E-state index in [4.69, 9.17) is 11.5 Å². The molecule has 6 nitrogen and oxygen atoms in total. The summed E-state index contributed by atoms with van der Waals surface area (Å²) in [6.07, 6.45) is 6.03. The van der Waals surface area contributed by atoms with Crippen LogP contribution in [0, 0.1) is 0 Å². The Morgan fingerprint density at radius 1 is 1.24 bits per heavy atom. The molecule has 2 aromatic rings. The third kappa shape index (κ3) is 2.65. The third-order valence-corrected chi connectivity index (χ3v) is 6.02. The molecule has 0 radical (unpaired) electrons. The van der Waals surface area contributed by atoms with Gasteiger partial charge in [0.15, 0.2) is 0 Å². The van der Waals surface area contributed by atoms with Crippen LogP contribution in [0.1, 0.15) is 31.7 Å². The molecule has 132 valence electrons. The molecular formula is C19H25N5O. The van der Waals surface area contributed by atoms with Crippen molar-refractivity contribution in [2.75, 3.05) is 12.8 Å². The van der Waals surface area contributed by atoms with Gasteiger partial charge in [-0.05, 0) is 63.4 Å². The Bertz CT molecular complexity index is 837. The highest BCUT2D eigenvalue weighted by atomic mass is 16.1. The van der Waals surface area contributed by atoms with Crippen molar-refractivity contribution in [3.8, 4) is 5.69 Å². The number of nitrogens with two attached hydrogens (primary N) is 2. The lowest BCUT2D eigenvalue weighted by Crippen LogP contribution is -2.82. The lowest BCUT2D eigenvalue weighted by Gasteiger charge is -2.73. The topological polar surface area (TPSA) is 90.2 Å². The number of rotatable bonds is 5. The maximum atomic E-state index is 11.9. The van der Waals surface area contributed by atoms with E-state index in [1.165, 1.54) is 10.1 Å². The highest BCUT2D eigenvalue weighted by Gasteiger charge is 2.68. The maximum absolute atomic E-state index is 11.9. The van der Waals surface area contributed by atoms with Crippen molar-refractivity contribution in [2.24, 2.45) is 5.73 Å². The Hall–Kier alpha value is -2.18. The highest BCUT2D eigenvalue weighted by Crippen LogP contribution is 2.62. The molecule has 1 aromatic carbocycles. The summed E-state index contributed by atoms with van der Waals surface area (Å²) >= 11 is 0. The van der Waals surface area contributed by atoms with Crippen LogP contribution in [0.4, 0.5) is 5.82 Å². The first-order valence-electron chi connectivity index (χ1n) is 8.77. The Morgan fingerprint density at radius 2 is 1.88 bits per heavy atom. The number of hydrogen-bond donors (Lipinski definition) is 2. The van der Waals surface area contributed by atoms with E-state index in [9.17, 15) is 4.79 Å². The molecule has 2 bridgehead atoms. The van der Waals surface area contributed by atoms with E-state index < -0.39 is 0 Å². The number of nitrogen functional groups attached to an aromatic ring is 1. The van der Waals surface area contributed by atoms with E-state index >= 15 is 0 Å². The van der Waals surface area contributed by atoms with E-state index in [0.29, 0.717) is 11.6 Å². The lowest BCUT2D eigenvalue weighted by atomic mass is 9.44. The first kappa shape index (κ1) is 16.3. The molecule has 0 amide bonds. The van der Waals surface area contributed by atoms with Crippen molar-refractivity contribution >= 4 is 5.82 Å². The van der Waals surface area contributed by atoms with E-state index in [0.717, 1.165) is 31.4 Å². The number of anilines is 1. The fourth-order valence-electron chi connectivity index (χ4n) is 4.54. The van der Waals surface area contributed by atoms with Gasteiger partial charge in [0.1, 0.15) is 5.82 Å². The zero-order valence-corrected chi connectivity index (χ0v) is 14.8. The van der Waals surface area contributed by atoms with Crippen molar-refractivity contribution in [1.82, 2.24) is 14.5 Å². The molecule has 3 saturated carbocycles. The Kier molecular flexibility index (Phi) is 3.53. The average Bonchev–Trinajstić information content (AvgIpc) is 2.51. The van der Waals surface area contributed by atoms with Gasteiger partial charge in [0, 0.05) is 23.3 Å². The Labute approximate surface area is 147 Å². The minimum Gasteiger partial charge on any atom is -0.383 e. The fraction of sp³-hybridized carbons (Fsp3) is 0.474. The van der Waals surface area contributed by atoms with Crippen LogP contribution in [0.2, 0.25) is 0 Å².